The number of pyridine rings is 1. The number of nitrogens with zero attached hydrogens (tertiary/aromatic N) is 2. The Morgan fingerprint density at radius 1 is 1.29 bits per heavy atom. The number of aliphatic carboxylic acids is 1. The number of hydrogen-bond acceptors (Lipinski definition) is 3. The molecule has 0 saturated carbocycles. The summed E-state index contributed by atoms with van der Waals surface area (Å²) in [6, 6.07) is 7.62. The van der Waals surface area contributed by atoms with Crippen LogP contribution in [-0.2, 0) is 11.2 Å². The fourth-order valence-electron chi connectivity index (χ4n) is 2.00. The first-order valence-electron chi connectivity index (χ1n) is 5.18. The minimum atomic E-state index is -0.878. The van der Waals surface area contributed by atoms with Crippen molar-refractivity contribution in [3.63, 3.8) is 0 Å². The first-order chi connectivity index (χ1) is 8.25. The van der Waals surface area contributed by atoms with Gasteiger partial charge in [0, 0.05) is 10.8 Å². The van der Waals surface area contributed by atoms with Gasteiger partial charge in [0.15, 0.2) is 0 Å². The van der Waals surface area contributed by atoms with Crippen molar-refractivity contribution in [2.45, 2.75) is 6.42 Å². The van der Waals surface area contributed by atoms with Crippen molar-refractivity contribution in [2.24, 2.45) is 0 Å². The number of aromatic nitrogens is 3. The molecule has 2 N–H and O–H groups in total. The SMILES string of the molecule is O=C(O)Cc1[nH]nc2cnc3ccccc3c12. The van der Waals surface area contributed by atoms with Crippen LogP contribution in [0.2, 0.25) is 0 Å². The maximum Gasteiger partial charge on any atom is 0.309 e. The summed E-state index contributed by atoms with van der Waals surface area (Å²) in [5, 5.41) is 17.5. The lowest BCUT2D eigenvalue weighted by Crippen LogP contribution is -2.00. The van der Waals surface area contributed by atoms with Crippen molar-refractivity contribution in [3.05, 3.63) is 36.2 Å². The highest BCUT2D eigenvalue weighted by molar-refractivity contribution is 6.06. The maximum absolute atomic E-state index is 10.8. The van der Waals surface area contributed by atoms with Crippen LogP contribution < -0.4 is 0 Å². The number of nitrogens with one attached hydrogen (secondary N) is 1. The number of benzene rings is 1. The maximum atomic E-state index is 10.8. The summed E-state index contributed by atoms with van der Waals surface area (Å²) < 4.78 is 0. The first-order valence-corrected chi connectivity index (χ1v) is 5.18. The second kappa shape index (κ2) is 3.55. The number of H-pyrrole nitrogens is 1. The van der Waals surface area contributed by atoms with Gasteiger partial charge in [-0.05, 0) is 6.07 Å². The van der Waals surface area contributed by atoms with Crippen LogP contribution in [0.25, 0.3) is 21.8 Å². The van der Waals surface area contributed by atoms with Crippen LogP contribution in [0, 0.1) is 0 Å². The fourth-order valence-corrected chi connectivity index (χ4v) is 2.00. The molecule has 3 aromatic rings. The highest BCUT2D eigenvalue weighted by Gasteiger charge is 2.12. The number of carbonyl (C=O) groups is 1. The van der Waals surface area contributed by atoms with Gasteiger partial charge in [-0.25, -0.2) is 0 Å². The van der Waals surface area contributed by atoms with Gasteiger partial charge in [0.05, 0.1) is 23.8 Å². The van der Waals surface area contributed by atoms with E-state index in [2.05, 4.69) is 15.2 Å². The van der Waals surface area contributed by atoms with Crippen LogP contribution in [0.1, 0.15) is 5.69 Å². The molecule has 84 valence electrons. The average Bonchev–Trinajstić information content (AvgIpc) is 2.72. The van der Waals surface area contributed by atoms with E-state index >= 15 is 0 Å². The van der Waals surface area contributed by atoms with Gasteiger partial charge in [-0.3, -0.25) is 14.9 Å². The van der Waals surface area contributed by atoms with E-state index < -0.39 is 5.97 Å². The molecule has 1 aromatic carbocycles. The zero-order valence-corrected chi connectivity index (χ0v) is 8.84. The zero-order chi connectivity index (χ0) is 11.8. The van der Waals surface area contributed by atoms with Gasteiger partial charge in [-0.15, -0.1) is 0 Å². The van der Waals surface area contributed by atoms with E-state index in [1.165, 1.54) is 0 Å². The molecule has 2 aromatic heterocycles. The Morgan fingerprint density at radius 3 is 2.94 bits per heavy atom. The number of para-hydroxylation sites is 1. The second-order valence-electron chi connectivity index (χ2n) is 3.81. The van der Waals surface area contributed by atoms with Gasteiger partial charge >= 0.3 is 5.97 Å². The van der Waals surface area contributed by atoms with Gasteiger partial charge in [0.25, 0.3) is 0 Å². The van der Waals surface area contributed by atoms with Crippen molar-refractivity contribution < 1.29 is 9.90 Å². The molecule has 5 heteroatoms. The molecule has 0 bridgehead atoms. The number of aromatic amines is 1. The average molecular weight is 227 g/mol. The molecule has 0 aliphatic rings. The second-order valence-corrected chi connectivity index (χ2v) is 3.81. The van der Waals surface area contributed by atoms with Gasteiger partial charge in [0.1, 0.15) is 5.52 Å². The minimum Gasteiger partial charge on any atom is -0.481 e. The molecule has 0 aliphatic carbocycles. The van der Waals surface area contributed by atoms with Crippen LogP contribution in [0.4, 0.5) is 0 Å². The predicted molar refractivity (Wildman–Crippen MR) is 62.7 cm³/mol. The van der Waals surface area contributed by atoms with E-state index in [0.29, 0.717) is 11.2 Å². The van der Waals surface area contributed by atoms with E-state index in [9.17, 15) is 4.79 Å². The Labute approximate surface area is 96.1 Å². The molecule has 5 nitrogen and oxygen atoms in total. The van der Waals surface area contributed by atoms with Crippen molar-refractivity contribution in [1.82, 2.24) is 15.2 Å². The first kappa shape index (κ1) is 9.77. The molecule has 0 fully saturated rings. The summed E-state index contributed by atoms with van der Waals surface area (Å²) in [6.07, 6.45) is 1.59. The smallest absolute Gasteiger partial charge is 0.309 e. The number of rotatable bonds is 2. The summed E-state index contributed by atoms with van der Waals surface area (Å²) in [5.74, 6) is -0.878. The Balaban J connectivity index is 2.38. The molecule has 0 aliphatic heterocycles. The minimum absolute atomic E-state index is 0.0650. The molecular weight excluding hydrogens is 218 g/mol. The van der Waals surface area contributed by atoms with Crippen molar-refractivity contribution in [2.75, 3.05) is 0 Å². The van der Waals surface area contributed by atoms with Crippen LogP contribution in [-0.4, -0.2) is 26.3 Å². The molecule has 3 rings (SSSR count). The highest BCUT2D eigenvalue weighted by atomic mass is 16.4. The van der Waals surface area contributed by atoms with E-state index in [-0.39, 0.29) is 6.42 Å². The molecule has 0 unspecified atom stereocenters. The van der Waals surface area contributed by atoms with Crippen LogP contribution in [0.5, 0.6) is 0 Å². The Kier molecular flexibility index (Phi) is 2.04. The lowest BCUT2D eigenvalue weighted by Gasteiger charge is -1.99. The van der Waals surface area contributed by atoms with E-state index in [0.717, 1.165) is 16.3 Å². The lowest BCUT2D eigenvalue weighted by molar-refractivity contribution is -0.136. The van der Waals surface area contributed by atoms with Gasteiger partial charge < -0.3 is 5.11 Å². The number of fused-ring (bicyclic) bond motifs is 3. The number of carboxylic acids is 1. The molecule has 2 heterocycles. The largest absolute Gasteiger partial charge is 0.481 e. The number of hydrogen-bond donors (Lipinski definition) is 2. The molecule has 0 radical (unpaired) electrons. The third kappa shape index (κ3) is 1.52. The van der Waals surface area contributed by atoms with Crippen molar-refractivity contribution >= 4 is 27.8 Å². The van der Waals surface area contributed by atoms with Gasteiger partial charge in [-0.2, -0.15) is 5.10 Å². The van der Waals surface area contributed by atoms with Crippen LogP contribution in [0.15, 0.2) is 30.5 Å². The van der Waals surface area contributed by atoms with Crippen molar-refractivity contribution in [3.8, 4) is 0 Å². The van der Waals surface area contributed by atoms with E-state index in [1.54, 1.807) is 6.20 Å². The third-order valence-electron chi connectivity index (χ3n) is 2.70. The number of carboxylic acid groups (broad SMARTS) is 1. The topological polar surface area (TPSA) is 78.9 Å². The summed E-state index contributed by atoms with van der Waals surface area (Å²) >= 11 is 0. The van der Waals surface area contributed by atoms with Gasteiger partial charge in [-0.1, -0.05) is 18.2 Å². The molecule has 17 heavy (non-hydrogen) atoms. The highest BCUT2D eigenvalue weighted by Crippen LogP contribution is 2.24. The van der Waals surface area contributed by atoms with Crippen LogP contribution >= 0.6 is 0 Å². The summed E-state index contributed by atoms with van der Waals surface area (Å²) in [5.41, 5.74) is 2.15. The molecular formula is C12H9N3O2. The summed E-state index contributed by atoms with van der Waals surface area (Å²) in [4.78, 5) is 15.1. The Hall–Kier alpha value is -2.43. The third-order valence-corrected chi connectivity index (χ3v) is 2.70. The molecule has 0 saturated heterocycles. The van der Waals surface area contributed by atoms with Crippen molar-refractivity contribution in [1.29, 1.82) is 0 Å². The van der Waals surface area contributed by atoms with Crippen LogP contribution in [0.3, 0.4) is 0 Å². The normalized spacial score (nSPS) is 11.1. The monoisotopic (exact) mass is 227 g/mol. The summed E-state index contributed by atoms with van der Waals surface area (Å²) in [6.45, 7) is 0. The standard InChI is InChI=1S/C12H9N3O2/c16-11(17)5-9-12-7-3-1-2-4-8(7)13-6-10(12)15-14-9/h1-4,6H,5H2,(H,14,15)(H,16,17). The quantitative estimate of drug-likeness (QED) is 0.698. The molecule has 0 spiro atoms. The predicted octanol–water partition coefficient (Wildman–Crippen LogP) is 1.74. The van der Waals surface area contributed by atoms with E-state index in [4.69, 9.17) is 5.11 Å². The fraction of sp³-hybridized carbons (Fsp3) is 0.0833. The summed E-state index contributed by atoms with van der Waals surface area (Å²) in [7, 11) is 0. The van der Waals surface area contributed by atoms with Gasteiger partial charge in [0.2, 0.25) is 0 Å². The molecule has 0 atom stereocenters. The van der Waals surface area contributed by atoms with E-state index in [1.807, 2.05) is 24.3 Å². The Morgan fingerprint density at radius 2 is 2.12 bits per heavy atom. The zero-order valence-electron chi connectivity index (χ0n) is 8.84. The molecule has 0 amide bonds. The lowest BCUT2D eigenvalue weighted by atomic mass is 10.1. The Bertz CT molecular complexity index is 718.